The number of aromatic amines is 1. The number of fused-ring (bicyclic) bond motifs is 1. The summed E-state index contributed by atoms with van der Waals surface area (Å²) in [5.41, 5.74) is 6.42. The van der Waals surface area contributed by atoms with Crippen molar-refractivity contribution in [1.82, 2.24) is 10.2 Å². The Hall–Kier alpha value is -3.22. The summed E-state index contributed by atoms with van der Waals surface area (Å²) in [6.45, 7) is 0. The molecule has 0 atom stereocenters. The van der Waals surface area contributed by atoms with Crippen LogP contribution in [0.4, 0.5) is 11.4 Å². The Morgan fingerprint density at radius 1 is 1.14 bits per heavy atom. The Morgan fingerprint density at radius 2 is 1.86 bits per heavy atom. The van der Waals surface area contributed by atoms with Crippen LogP contribution in [0.1, 0.15) is 0 Å². The summed E-state index contributed by atoms with van der Waals surface area (Å²) in [6, 6.07) is 11.4. The van der Waals surface area contributed by atoms with Crippen LogP contribution in [-0.2, 0) is 0 Å². The first-order chi connectivity index (χ1) is 10.1. The van der Waals surface area contributed by atoms with Gasteiger partial charge in [0.25, 0.3) is 11.2 Å². The molecule has 104 valence electrons. The Bertz CT molecular complexity index is 917. The number of nitrogens with two attached hydrogens (primary N) is 1. The molecule has 0 aliphatic rings. The van der Waals surface area contributed by atoms with Gasteiger partial charge in [0.2, 0.25) is 0 Å². The van der Waals surface area contributed by atoms with Gasteiger partial charge in [0.15, 0.2) is 0 Å². The molecule has 0 radical (unpaired) electrons. The van der Waals surface area contributed by atoms with E-state index in [1.165, 1.54) is 12.1 Å². The molecule has 0 fully saturated rings. The van der Waals surface area contributed by atoms with E-state index >= 15 is 0 Å². The molecule has 0 saturated carbocycles. The van der Waals surface area contributed by atoms with Crippen LogP contribution >= 0.6 is 0 Å². The number of anilines is 1. The largest absolute Gasteiger partial charge is 0.393 e. The van der Waals surface area contributed by atoms with Crippen LogP contribution in [0.3, 0.4) is 0 Å². The van der Waals surface area contributed by atoms with Gasteiger partial charge in [-0.15, -0.1) is 0 Å². The van der Waals surface area contributed by atoms with E-state index in [9.17, 15) is 14.9 Å². The van der Waals surface area contributed by atoms with Gasteiger partial charge in [-0.05, 0) is 18.2 Å². The molecule has 0 bridgehead atoms. The van der Waals surface area contributed by atoms with Crippen molar-refractivity contribution in [3.63, 3.8) is 0 Å². The monoisotopic (exact) mass is 282 g/mol. The standard InChI is InChI=1S/C14H10N4O3/c15-11-7-8(5-6-12(11)18(20)21)13-9-3-1-2-4-10(9)14(19)17-16-13/h1-7H,15H2,(H,17,19). The van der Waals surface area contributed by atoms with Crippen molar-refractivity contribution in [3.05, 3.63) is 62.9 Å². The number of nitro groups is 1. The molecule has 7 nitrogen and oxygen atoms in total. The van der Waals surface area contributed by atoms with Gasteiger partial charge in [-0.1, -0.05) is 18.2 Å². The molecule has 0 amide bonds. The maximum Gasteiger partial charge on any atom is 0.292 e. The van der Waals surface area contributed by atoms with E-state index in [-0.39, 0.29) is 16.9 Å². The maximum absolute atomic E-state index is 11.7. The molecule has 3 N–H and O–H groups in total. The molecule has 7 heteroatoms. The molecule has 3 rings (SSSR count). The van der Waals surface area contributed by atoms with Crippen LogP contribution in [0.5, 0.6) is 0 Å². The van der Waals surface area contributed by atoms with Crippen LogP contribution in [0.15, 0.2) is 47.3 Å². The van der Waals surface area contributed by atoms with Gasteiger partial charge in [-0.25, -0.2) is 5.10 Å². The van der Waals surface area contributed by atoms with Gasteiger partial charge in [0.1, 0.15) is 5.69 Å². The number of nitrogen functional groups attached to an aromatic ring is 1. The molecule has 0 spiro atoms. The smallest absolute Gasteiger partial charge is 0.292 e. The molecule has 0 saturated heterocycles. The van der Waals surface area contributed by atoms with Crippen LogP contribution in [0.25, 0.3) is 22.0 Å². The van der Waals surface area contributed by atoms with Crippen molar-refractivity contribution < 1.29 is 4.92 Å². The lowest BCUT2D eigenvalue weighted by atomic mass is 10.0. The average Bonchev–Trinajstić information content (AvgIpc) is 2.47. The van der Waals surface area contributed by atoms with Crippen molar-refractivity contribution in [3.8, 4) is 11.3 Å². The number of H-pyrrole nitrogens is 1. The third-order valence-corrected chi connectivity index (χ3v) is 3.19. The molecule has 0 aliphatic heterocycles. The Morgan fingerprint density at radius 3 is 2.52 bits per heavy atom. The quantitative estimate of drug-likeness (QED) is 0.424. The minimum Gasteiger partial charge on any atom is -0.393 e. The molecule has 3 aromatic rings. The highest BCUT2D eigenvalue weighted by molar-refractivity contribution is 5.94. The minimum absolute atomic E-state index is 0.0505. The predicted octanol–water partition coefficient (Wildman–Crippen LogP) is 2.08. The second-order valence-corrected chi connectivity index (χ2v) is 4.48. The lowest BCUT2D eigenvalue weighted by molar-refractivity contribution is -0.383. The Balaban J connectivity index is 2.26. The highest BCUT2D eigenvalue weighted by Crippen LogP contribution is 2.30. The third kappa shape index (κ3) is 2.10. The van der Waals surface area contributed by atoms with E-state index in [4.69, 9.17) is 5.73 Å². The molecule has 2 aromatic carbocycles. The van der Waals surface area contributed by atoms with Crippen LogP contribution in [0.2, 0.25) is 0 Å². The summed E-state index contributed by atoms with van der Waals surface area (Å²) < 4.78 is 0. The Kier molecular flexibility index (Phi) is 2.87. The van der Waals surface area contributed by atoms with Crippen molar-refractivity contribution in [2.24, 2.45) is 0 Å². The number of nitrogens with one attached hydrogen (secondary N) is 1. The van der Waals surface area contributed by atoms with Gasteiger partial charge < -0.3 is 5.73 Å². The SMILES string of the molecule is Nc1cc(-c2n[nH]c(=O)c3ccccc23)ccc1[N+](=O)[O-]. The molecule has 1 aromatic heterocycles. The van der Waals surface area contributed by atoms with Crippen LogP contribution in [0, 0.1) is 10.1 Å². The number of aromatic nitrogens is 2. The van der Waals surface area contributed by atoms with E-state index in [1.54, 1.807) is 30.3 Å². The summed E-state index contributed by atoms with van der Waals surface area (Å²) in [6.07, 6.45) is 0. The number of rotatable bonds is 2. The molecule has 0 unspecified atom stereocenters. The predicted molar refractivity (Wildman–Crippen MR) is 78.9 cm³/mol. The minimum atomic E-state index is -0.544. The lowest BCUT2D eigenvalue weighted by Gasteiger charge is -2.06. The number of benzene rings is 2. The van der Waals surface area contributed by atoms with Crippen LogP contribution in [-0.4, -0.2) is 15.1 Å². The van der Waals surface area contributed by atoms with E-state index in [2.05, 4.69) is 10.2 Å². The molecule has 21 heavy (non-hydrogen) atoms. The third-order valence-electron chi connectivity index (χ3n) is 3.19. The fourth-order valence-electron chi connectivity index (χ4n) is 2.20. The fourth-order valence-corrected chi connectivity index (χ4v) is 2.20. The summed E-state index contributed by atoms with van der Waals surface area (Å²) in [5, 5.41) is 18.4. The van der Waals surface area contributed by atoms with Gasteiger partial charge in [0.05, 0.1) is 16.0 Å². The molecule has 0 aliphatic carbocycles. The fraction of sp³-hybridized carbons (Fsp3) is 0. The second-order valence-electron chi connectivity index (χ2n) is 4.48. The number of nitro benzene ring substituents is 1. The number of hydrogen-bond donors (Lipinski definition) is 2. The highest BCUT2D eigenvalue weighted by Gasteiger charge is 2.14. The topological polar surface area (TPSA) is 115 Å². The first-order valence-corrected chi connectivity index (χ1v) is 6.09. The zero-order valence-corrected chi connectivity index (χ0v) is 10.7. The molecular formula is C14H10N4O3. The summed E-state index contributed by atoms with van der Waals surface area (Å²) in [7, 11) is 0. The van der Waals surface area contributed by atoms with Crippen molar-refractivity contribution in [2.45, 2.75) is 0 Å². The second kappa shape index (κ2) is 4.71. The number of hydrogen-bond acceptors (Lipinski definition) is 5. The van der Waals surface area contributed by atoms with E-state index in [0.29, 0.717) is 22.0 Å². The zero-order chi connectivity index (χ0) is 15.0. The van der Waals surface area contributed by atoms with Gasteiger partial charge in [-0.3, -0.25) is 14.9 Å². The first-order valence-electron chi connectivity index (χ1n) is 6.09. The molecule has 1 heterocycles. The van der Waals surface area contributed by atoms with Crippen molar-refractivity contribution >= 4 is 22.1 Å². The van der Waals surface area contributed by atoms with E-state index < -0.39 is 4.92 Å². The highest BCUT2D eigenvalue weighted by atomic mass is 16.6. The van der Waals surface area contributed by atoms with Gasteiger partial charge in [0, 0.05) is 17.0 Å². The van der Waals surface area contributed by atoms with Gasteiger partial charge in [-0.2, -0.15) is 5.10 Å². The number of nitrogens with zero attached hydrogens (tertiary/aromatic N) is 2. The summed E-state index contributed by atoms with van der Waals surface area (Å²) in [4.78, 5) is 22.0. The average molecular weight is 282 g/mol. The van der Waals surface area contributed by atoms with E-state index in [0.717, 1.165) is 0 Å². The maximum atomic E-state index is 11.7. The van der Waals surface area contributed by atoms with E-state index in [1.807, 2.05) is 0 Å². The summed E-state index contributed by atoms with van der Waals surface area (Å²) >= 11 is 0. The molecular weight excluding hydrogens is 272 g/mol. The van der Waals surface area contributed by atoms with Crippen molar-refractivity contribution in [1.29, 1.82) is 0 Å². The Labute approximate surface area is 118 Å². The normalized spacial score (nSPS) is 10.7. The lowest BCUT2D eigenvalue weighted by Crippen LogP contribution is -2.09. The van der Waals surface area contributed by atoms with Gasteiger partial charge >= 0.3 is 0 Å². The first kappa shape index (κ1) is 12.8. The summed E-state index contributed by atoms with van der Waals surface area (Å²) in [5.74, 6) is 0. The van der Waals surface area contributed by atoms with Crippen molar-refractivity contribution in [2.75, 3.05) is 5.73 Å². The zero-order valence-electron chi connectivity index (χ0n) is 10.7. The van der Waals surface area contributed by atoms with Crippen LogP contribution < -0.4 is 11.3 Å².